The topological polar surface area (TPSA) is 102 Å². The van der Waals surface area contributed by atoms with Gasteiger partial charge >= 0.3 is 12.4 Å². The Morgan fingerprint density at radius 2 is 1.82 bits per heavy atom. The number of anilines is 1. The Morgan fingerprint density at radius 3 is 2.49 bits per heavy atom. The van der Waals surface area contributed by atoms with Gasteiger partial charge in [0.25, 0.3) is 0 Å². The van der Waals surface area contributed by atoms with Gasteiger partial charge in [-0.2, -0.15) is 0 Å². The van der Waals surface area contributed by atoms with Gasteiger partial charge < -0.3 is 19.3 Å². The first-order valence-electron chi connectivity index (χ1n) is 12.1. The van der Waals surface area contributed by atoms with Crippen LogP contribution in [0.2, 0.25) is 0 Å². The second kappa shape index (κ2) is 11.7. The van der Waals surface area contributed by atoms with Gasteiger partial charge in [0.2, 0.25) is 10.0 Å². The quantitative estimate of drug-likeness (QED) is 0.367. The number of halogens is 4. The van der Waals surface area contributed by atoms with E-state index in [-0.39, 0.29) is 16.3 Å². The molecule has 39 heavy (non-hydrogen) atoms. The third kappa shape index (κ3) is 7.21. The molecule has 1 aromatic heterocycles. The summed E-state index contributed by atoms with van der Waals surface area (Å²) in [4.78, 5) is 3.85. The van der Waals surface area contributed by atoms with E-state index in [0.29, 0.717) is 12.3 Å². The smallest absolute Gasteiger partial charge is 0.424 e. The molecule has 10 nitrogen and oxygen atoms in total. The van der Waals surface area contributed by atoms with Crippen LogP contribution in [0.1, 0.15) is 25.7 Å². The summed E-state index contributed by atoms with van der Waals surface area (Å²) in [5.74, 6) is -0.100. The number of ether oxygens (including phenoxy) is 2. The summed E-state index contributed by atoms with van der Waals surface area (Å²) in [5.41, 5.74) is 1.01. The molecule has 0 bridgehead atoms. The van der Waals surface area contributed by atoms with Gasteiger partial charge in [-0.25, -0.2) is 13.1 Å². The predicted octanol–water partition coefficient (Wildman–Crippen LogP) is 4.54. The van der Waals surface area contributed by atoms with Gasteiger partial charge in [-0.3, -0.25) is 4.57 Å². The van der Waals surface area contributed by atoms with E-state index >= 15 is 0 Å². The highest BCUT2D eigenvalue weighted by Crippen LogP contribution is 2.33. The van der Waals surface area contributed by atoms with E-state index in [1.165, 1.54) is 13.0 Å². The van der Waals surface area contributed by atoms with Crippen LogP contribution in [-0.2, 0) is 16.6 Å². The number of alkyl halides is 3. The summed E-state index contributed by atoms with van der Waals surface area (Å²) in [6.45, 7) is 7.36. The number of benzene rings is 2. The molecule has 15 heteroatoms. The number of rotatable bonds is 9. The standard InChI is InChI=1S/C24H28BrF3N6O4S/c1-4-34-22(16(2)31-39(35,36)21-9-8-17(25)14-20(21)38-24(26,27)28)29-30-23(34)37-19-7-5-6-18(15-19)33-12-10-32(3)11-13-33/h5-9,14-16,31H,4,10-13H2,1-3H3/t16-/m1/s1. The average molecular weight is 633 g/mol. The zero-order valence-corrected chi connectivity index (χ0v) is 23.8. The van der Waals surface area contributed by atoms with E-state index < -0.39 is 33.1 Å². The Bertz CT molecular complexity index is 1410. The molecule has 0 amide bonds. The molecular weight excluding hydrogens is 605 g/mol. The van der Waals surface area contributed by atoms with E-state index in [0.717, 1.165) is 44.0 Å². The van der Waals surface area contributed by atoms with Gasteiger partial charge in [0.15, 0.2) is 11.6 Å². The van der Waals surface area contributed by atoms with Crippen molar-refractivity contribution < 1.29 is 31.1 Å². The minimum atomic E-state index is -5.08. The first-order chi connectivity index (χ1) is 18.4. The van der Waals surface area contributed by atoms with E-state index in [4.69, 9.17) is 4.74 Å². The summed E-state index contributed by atoms with van der Waals surface area (Å²) < 4.78 is 79.0. The molecule has 1 fully saturated rings. The number of nitrogens with one attached hydrogen (secondary N) is 1. The fourth-order valence-corrected chi connectivity index (χ4v) is 5.81. The lowest BCUT2D eigenvalue weighted by molar-refractivity contribution is -0.275. The maximum atomic E-state index is 13.1. The highest BCUT2D eigenvalue weighted by atomic mass is 79.9. The zero-order valence-electron chi connectivity index (χ0n) is 21.4. The van der Waals surface area contributed by atoms with Crippen molar-refractivity contribution >= 4 is 31.6 Å². The van der Waals surface area contributed by atoms with Crippen molar-refractivity contribution in [1.82, 2.24) is 24.4 Å². The van der Waals surface area contributed by atoms with Crippen LogP contribution in [0.5, 0.6) is 17.5 Å². The molecule has 0 aliphatic carbocycles. The minimum absolute atomic E-state index is 0.152. The van der Waals surface area contributed by atoms with Gasteiger partial charge in [-0.15, -0.1) is 18.3 Å². The molecule has 1 aliphatic heterocycles. The second-order valence-corrected chi connectivity index (χ2v) is 11.6. The minimum Gasteiger partial charge on any atom is -0.424 e. The first-order valence-corrected chi connectivity index (χ1v) is 14.4. The van der Waals surface area contributed by atoms with Crippen LogP contribution in [0.25, 0.3) is 0 Å². The lowest BCUT2D eigenvalue weighted by Gasteiger charge is -2.34. The van der Waals surface area contributed by atoms with Gasteiger partial charge in [-0.1, -0.05) is 27.1 Å². The highest BCUT2D eigenvalue weighted by Gasteiger charge is 2.35. The van der Waals surface area contributed by atoms with E-state index in [9.17, 15) is 21.6 Å². The van der Waals surface area contributed by atoms with Crippen LogP contribution in [0.3, 0.4) is 0 Å². The first kappa shape index (κ1) is 29.1. The molecule has 212 valence electrons. The summed E-state index contributed by atoms with van der Waals surface area (Å²) in [5, 5.41) is 8.20. The van der Waals surface area contributed by atoms with Crippen LogP contribution in [-0.4, -0.2) is 67.7 Å². The molecule has 1 atom stereocenters. The monoisotopic (exact) mass is 632 g/mol. The summed E-state index contributed by atoms with van der Waals surface area (Å²) in [6.07, 6.45) is -5.08. The number of aromatic nitrogens is 3. The fourth-order valence-electron chi connectivity index (χ4n) is 4.16. The molecular formula is C24H28BrF3N6O4S. The lowest BCUT2D eigenvalue weighted by atomic mass is 10.2. The van der Waals surface area contributed by atoms with E-state index in [1.54, 1.807) is 10.6 Å². The number of piperazine rings is 1. The molecule has 0 saturated carbocycles. The third-order valence-electron chi connectivity index (χ3n) is 6.10. The molecule has 1 aliphatic rings. The van der Waals surface area contributed by atoms with Crippen LogP contribution in [0, 0.1) is 0 Å². The molecule has 2 heterocycles. The van der Waals surface area contributed by atoms with Crippen LogP contribution in [0.15, 0.2) is 51.8 Å². The summed E-state index contributed by atoms with van der Waals surface area (Å²) in [6, 6.07) is 10.0. The maximum absolute atomic E-state index is 13.1. The van der Waals surface area contributed by atoms with Crippen molar-refractivity contribution in [3.63, 3.8) is 0 Å². The van der Waals surface area contributed by atoms with Gasteiger partial charge in [-0.05, 0) is 51.2 Å². The molecule has 1 saturated heterocycles. The number of likely N-dealkylation sites (N-methyl/N-ethyl adjacent to an activating group) is 1. The van der Waals surface area contributed by atoms with Crippen LogP contribution >= 0.6 is 15.9 Å². The molecule has 0 radical (unpaired) electrons. The lowest BCUT2D eigenvalue weighted by Crippen LogP contribution is -2.44. The molecule has 4 rings (SSSR count). The van der Waals surface area contributed by atoms with Crippen LogP contribution in [0.4, 0.5) is 18.9 Å². The SMILES string of the molecule is CCn1c(Oc2cccc(N3CCN(C)CC3)c2)nnc1[C@@H](C)NS(=O)(=O)c1ccc(Br)cc1OC(F)(F)F. The van der Waals surface area contributed by atoms with E-state index in [2.05, 4.69) is 52.4 Å². The number of hydrogen-bond acceptors (Lipinski definition) is 8. The highest BCUT2D eigenvalue weighted by molar-refractivity contribution is 9.10. The van der Waals surface area contributed by atoms with Gasteiger partial charge in [0, 0.05) is 49.0 Å². The van der Waals surface area contributed by atoms with Crippen LogP contribution < -0.4 is 19.1 Å². The average Bonchev–Trinajstić information content (AvgIpc) is 3.26. The molecule has 0 spiro atoms. The Hall–Kier alpha value is -2.88. The molecule has 0 unspecified atom stereocenters. The Morgan fingerprint density at radius 1 is 1.10 bits per heavy atom. The normalized spacial score (nSPS) is 15.8. The van der Waals surface area contributed by atoms with E-state index in [1.807, 2.05) is 25.1 Å². The summed E-state index contributed by atoms with van der Waals surface area (Å²) in [7, 11) is -2.37. The molecule has 1 N–H and O–H groups in total. The Balaban J connectivity index is 1.54. The Labute approximate surface area is 232 Å². The predicted molar refractivity (Wildman–Crippen MR) is 141 cm³/mol. The third-order valence-corrected chi connectivity index (χ3v) is 8.17. The molecule has 3 aromatic rings. The van der Waals surface area contributed by atoms with Gasteiger partial charge in [0.05, 0.1) is 6.04 Å². The Kier molecular flexibility index (Phi) is 8.73. The number of nitrogens with zero attached hydrogens (tertiary/aromatic N) is 5. The summed E-state index contributed by atoms with van der Waals surface area (Å²) >= 11 is 3.03. The van der Waals surface area contributed by atoms with Crippen molar-refractivity contribution in [3.8, 4) is 17.5 Å². The molecule has 2 aromatic carbocycles. The van der Waals surface area contributed by atoms with Crippen molar-refractivity contribution in [2.24, 2.45) is 0 Å². The largest absolute Gasteiger partial charge is 0.573 e. The van der Waals surface area contributed by atoms with Crippen molar-refractivity contribution in [2.75, 3.05) is 38.1 Å². The van der Waals surface area contributed by atoms with Crippen molar-refractivity contribution in [2.45, 2.75) is 37.7 Å². The number of sulfonamides is 1. The fraction of sp³-hybridized carbons (Fsp3) is 0.417. The second-order valence-electron chi connectivity index (χ2n) is 8.96. The van der Waals surface area contributed by atoms with Crippen molar-refractivity contribution in [1.29, 1.82) is 0 Å². The zero-order chi connectivity index (χ0) is 28.4. The number of hydrogen-bond donors (Lipinski definition) is 1. The maximum Gasteiger partial charge on any atom is 0.573 e. The van der Waals surface area contributed by atoms with Gasteiger partial charge in [0.1, 0.15) is 10.6 Å². The van der Waals surface area contributed by atoms with Crippen molar-refractivity contribution in [3.05, 3.63) is 52.8 Å².